The van der Waals surface area contributed by atoms with Crippen LogP contribution >= 0.6 is 0 Å². The van der Waals surface area contributed by atoms with Crippen molar-refractivity contribution in [2.45, 2.75) is 52.6 Å². The molecule has 2 heteroatoms. The summed E-state index contributed by atoms with van der Waals surface area (Å²) in [6.07, 6.45) is 6.52. The molecule has 1 fully saturated rings. The molecule has 0 heterocycles. The Balaban J connectivity index is 0. The van der Waals surface area contributed by atoms with Gasteiger partial charge in [0.05, 0.1) is 0 Å². The smallest absolute Gasteiger partial charge is 0.183 e. The van der Waals surface area contributed by atoms with Gasteiger partial charge >= 0.3 is 0 Å². The van der Waals surface area contributed by atoms with E-state index in [1.165, 1.54) is 0 Å². The fourth-order valence-corrected chi connectivity index (χ4v) is 1.00. The van der Waals surface area contributed by atoms with E-state index in [0.717, 1.165) is 6.42 Å². The van der Waals surface area contributed by atoms with Crippen molar-refractivity contribution < 1.29 is 9.90 Å². The summed E-state index contributed by atoms with van der Waals surface area (Å²) in [6, 6.07) is 0. The molecule has 0 amide bonds. The minimum Gasteiger partial charge on any atom is -0.371 e. The monoisotopic (exact) mass is 184 g/mol. The van der Waals surface area contributed by atoms with Crippen LogP contribution in [0.15, 0.2) is 0 Å². The van der Waals surface area contributed by atoms with Gasteiger partial charge in [-0.25, -0.2) is 0 Å². The molecule has 76 valence electrons. The number of carbonyl (C=O) groups excluding carboxylic acids is 1. The van der Waals surface area contributed by atoms with Crippen LogP contribution in [-0.2, 0) is 4.79 Å². The van der Waals surface area contributed by atoms with Crippen LogP contribution in [0.2, 0.25) is 0 Å². The van der Waals surface area contributed by atoms with Crippen LogP contribution in [0.1, 0.15) is 47.0 Å². The maximum Gasteiger partial charge on any atom is 0.183 e. The topological polar surface area (TPSA) is 37.3 Å². The number of hydrogen-bond donors (Lipinski definition) is 1. The first-order valence-electron chi connectivity index (χ1n) is 4.92. The molecule has 0 aromatic heterocycles. The lowest BCUT2D eigenvalue weighted by atomic mass is 10.0. The molecule has 1 aliphatic rings. The lowest BCUT2D eigenvalue weighted by molar-refractivity contribution is -0.128. The molecule has 0 aromatic rings. The molecule has 1 atom stereocenters. The summed E-state index contributed by atoms with van der Waals surface area (Å²) in [6.45, 7) is 8.00. The van der Waals surface area contributed by atoms with Crippen molar-refractivity contribution in [3.8, 4) is 12.3 Å². The Kier molecular flexibility index (Phi) is 8.84. The summed E-state index contributed by atoms with van der Waals surface area (Å²) in [4.78, 5) is 10.7. The van der Waals surface area contributed by atoms with Gasteiger partial charge in [0.15, 0.2) is 11.4 Å². The van der Waals surface area contributed by atoms with Crippen molar-refractivity contribution in [2.24, 2.45) is 0 Å². The molecule has 0 radical (unpaired) electrons. The van der Waals surface area contributed by atoms with E-state index in [1.54, 1.807) is 0 Å². The van der Waals surface area contributed by atoms with Crippen molar-refractivity contribution in [3.63, 3.8) is 0 Å². The minimum absolute atomic E-state index is 0.204. The molecular formula is C11H20O2. The third-order valence-electron chi connectivity index (χ3n) is 1.64. The maximum absolute atomic E-state index is 10.7. The summed E-state index contributed by atoms with van der Waals surface area (Å²) < 4.78 is 0. The van der Waals surface area contributed by atoms with Crippen molar-refractivity contribution in [1.82, 2.24) is 0 Å². The van der Waals surface area contributed by atoms with Crippen LogP contribution in [-0.4, -0.2) is 16.5 Å². The number of terminal acetylenes is 1. The fourth-order valence-electron chi connectivity index (χ4n) is 1.00. The van der Waals surface area contributed by atoms with E-state index in [2.05, 4.69) is 5.92 Å². The highest BCUT2D eigenvalue weighted by Gasteiger charge is 2.37. The highest BCUT2D eigenvalue weighted by molar-refractivity contribution is 5.92. The molecule has 0 saturated heterocycles. The number of aliphatic hydroxyl groups is 1. The van der Waals surface area contributed by atoms with Crippen molar-refractivity contribution in [2.75, 3.05) is 0 Å². The average Bonchev–Trinajstić information content (AvgIpc) is 2.54. The molecule has 0 spiro atoms. The summed E-state index contributed by atoms with van der Waals surface area (Å²) in [5, 5.41) is 9.18. The summed E-state index contributed by atoms with van der Waals surface area (Å²) >= 11 is 0. The van der Waals surface area contributed by atoms with Crippen LogP contribution in [0.3, 0.4) is 0 Å². The van der Waals surface area contributed by atoms with E-state index in [1.807, 2.05) is 27.7 Å². The van der Waals surface area contributed by atoms with Gasteiger partial charge in [-0.05, 0) is 12.8 Å². The van der Waals surface area contributed by atoms with Gasteiger partial charge in [0.2, 0.25) is 0 Å². The van der Waals surface area contributed by atoms with Crippen molar-refractivity contribution in [3.05, 3.63) is 0 Å². The lowest BCUT2D eigenvalue weighted by Crippen LogP contribution is -2.30. The predicted octanol–water partition coefficient (Wildman–Crippen LogP) is 2.16. The van der Waals surface area contributed by atoms with E-state index in [0.29, 0.717) is 12.8 Å². The first-order chi connectivity index (χ1) is 6.19. The Morgan fingerprint density at radius 3 is 2.00 bits per heavy atom. The number of rotatable bonds is 0. The molecule has 1 rings (SSSR count). The highest BCUT2D eigenvalue weighted by Crippen LogP contribution is 2.24. The molecule has 0 aromatic carbocycles. The first kappa shape index (κ1) is 14.7. The number of hydrogen-bond acceptors (Lipinski definition) is 2. The summed E-state index contributed by atoms with van der Waals surface area (Å²) in [5.74, 6) is 1.89. The van der Waals surface area contributed by atoms with Gasteiger partial charge in [0.1, 0.15) is 0 Å². The maximum atomic E-state index is 10.7. The average molecular weight is 184 g/mol. The SMILES string of the molecule is C#CC1(O)CCCC1=O.CC.CC. The van der Waals surface area contributed by atoms with Crippen LogP contribution < -0.4 is 0 Å². The van der Waals surface area contributed by atoms with E-state index in [-0.39, 0.29) is 5.78 Å². The standard InChI is InChI=1S/C7H8O2.2C2H6/c1-2-7(9)5-3-4-6(7)8;2*1-2/h1,9H,3-5H2;2*1-2H3. The zero-order valence-corrected chi connectivity index (χ0v) is 9.05. The molecular weight excluding hydrogens is 164 g/mol. The van der Waals surface area contributed by atoms with Gasteiger partial charge in [0, 0.05) is 6.42 Å². The van der Waals surface area contributed by atoms with E-state index < -0.39 is 5.60 Å². The Hall–Kier alpha value is -0.810. The highest BCUT2D eigenvalue weighted by atomic mass is 16.3. The molecule has 1 saturated carbocycles. The van der Waals surface area contributed by atoms with E-state index in [4.69, 9.17) is 6.42 Å². The van der Waals surface area contributed by atoms with Gasteiger partial charge in [0.25, 0.3) is 0 Å². The molecule has 2 nitrogen and oxygen atoms in total. The van der Waals surface area contributed by atoms with Crippen LogP contribution in [0.4, 0.5) is 0 Å². The van der Waals surface area contributed by atoms with Gasteiger partial charge in [-0.15, -0.1) is 6.42 Å². The van der Waals surface area contributed by atoms with Crippen molar-refractivity contribution in [1.29, 1.82) is 0 Å². The zero-order chi connectivity index (χ0) is 10.9. The largest absolute Gasteiger partial charge is 0.371 e. The fraction of sp³-hybridized carbons (Fsp3) is 0.727. The second kappa shape index (κ2) is 7.82. The Labute approximate surface area is 81.3 Å². The molecule has 1 aliphatic carbocycles. The van der Waals surface area contributed by atoms with Crippen LogP contribution in [0, 0.1) is 12.3 Å². The quantitative estimate of drug-likeness (QED) is 0.586. The Bertz CT molecular complexity index is 179. The zero-order valence-electron chi connectivity index (χ0n) is 9.05. The van der Waals surface area contributed by atoms with Crippen LogP contribution in [0.25, 0.3) is 0 Å². The second-order valence-corrected chi connectivity index (χ2v) is 2.28. The normalized spacial score (nSPS) is 24.8. The van der Waals surface area contributed by atoms with Gasteiger partial charge in [-0.3, -0.25) is 4.79 Å². The third-order valence-corrected chi connectivity index (χ3v) is 1.64. The molecule has 13 heavy (non-hydrogen) atoms. The minimum atomic E-state index is -1.42. The predicted molar refractivity (Wildman–Crippen MR) is 55.3 cm³/mol. The molecule has 0 bridgehead atoms. The van der Waals surface area contributed by atoms with E-state index in [9.17, 15) is 9.90 Å². The molecule has 1 unspecified atom stereocenters. The third kappa shape index (κ3) is 4.10. The number of Topliss-reactive ketones (excluding diaryl/α,β-unsaturated/α-hetero) is 1. The van der Waals surface area contributed by atoms with Gasteiger partial charge in [-0.1, -0.05) is 33.6 Å². The number of ketones is 1. The van der Waals surface area contributed by atoms with Gasteiger partial charge < -0.3 is 5.11 Å². The Morgan fingerprint density at radius 2 is 1.85 bits per heavy atom. The summed E-state index contributed by atoms with van der Waals surface area (Å²) in [5.41, 5.74) is -1.42. The molecule has 1 N–H and O–H groups in total. The second-order valence-electron chi connectivity index (χ2n) is 2.28. The molecule has 0 aliphatic heterocycles. The Morgan fingerprint density at radius 1 is 1.38 bits per heavy atom. The first-order valence-corrected chi connectivity index (χ1v) is 4.92. The lowest BCUT2D eigenvalue weighted by Gasteiger charge is -2.10. The van der Waals surface area contributed by atoms with Crippen LogP contribution in [0.5, 0.6) is 0 Å². The number of carbonyl (C=O) groups is 1. The van der Waals surface area contributed by atoms with E-state index >= 15 is 0 Å². The summed E-state index contributed by atoms with van der Waals surface area (Å²) in [7, 11) is 0. The van der Waals surface area contributed by atoms with Gasteiger partial charge in [-0.2, -0.15) is 0 Å². The van der Waals surface area contributed by atoms with Crippen molar-refractivity contribution >= 4 is 5.78 Å².